The minimum Gasteiger partial charge on any atom is -0.465 e. The molecule has 0 spiro atoms. The number of fused-ring (bicyclic) bond motifs is 3. The molecule has 2 heterocycles. The van der Waals surface area contributed by atoms with Crippen molar-refractivity contribution in [3.05, 3.63) is 75.8 Å². The molecule has 0 amide bonds. The number of carbonyl (C=O) groups excluding carboxylic acids is 1. The summed E-state index contributed by atoms with van der Waals surface area (Å²) in [6.45, 7) is 5.13. The van der Waals surface area contributed by atoms with Crippen molar-refractivity contribution < 1.29 is 9.53 Å². The summed E-state index contributed by atoms with van der Waals surface area (Å²) in [6, 6.07) is 15.7. The van der Waals surface area contributed by atoms with Crippen molar-refractivity contribution in [1.29, 1.82) is 0 Å². The zero-order valence-electron chi connectivity index (χ0n) is 17.9. The van der Waals surface area contributed by atoms with E-state index in [4.69, 9.17) is 4.74 Å². The molecule has 8 nitrogen and oxygen atoms in total. The maximum absolute atomic E-state index is 12.8. The molecule has 0 saturated heterocycles. The van der Waals surface area contributed by atoms with Crippen LogP contribution in [0.3, 0.4) is 0 Å². The summed E-state index contributed by atoms with van der Waals surface area (Å²) in [5.74, 6) is 0.826. The average Bonchev–Trinajstić information content (AvgIpc) is 3.16. The molecule has 0 aliphatic rings. The molecule has 0 N–H and O–H groups in total. The summed E-state index contributed by atoms with van der Waals surface area (Å²) in [5.41, 5.74) is 2.72. The molecule has 0 radical (unpaired) electrons. The van der Waals surface area contributed by atoms with Crippen molar-refractivity contribution in [2.24, 2.45) is 7.05 Å². The Bertz CT molecular complexity index is 1290. The van der Waals surface area contributed by atoms with Gasteiger partial charge in [0, 0.05) is 13.6 Å². The Hall–Kier alpha value is -3.52. The lowest BCUT2D eigenvalue weighted by atomic mass is 10.1. The number of nitrogens with zero attached hydrogens (tertiary/aromatic N) is 5. The normalized spacial score (nSPS) is 11.5. The predicted molar refractivity (Wildman–Crippen MR) is 118 cm³/mol. The molecule has 0 saturated carbocycles. The van der Waals surface area contributed by atoms with Crippen molar-refractivity contribution in [3.63, 3.8) is 0 Å². The van der Waals surface area contributed by atoms with Crippen LogP contribution >= 0.6 is 0 Å². The summed E-state index contributed by atoms with van der Waals surface area (Å²) in [7, 11) is 1.69. The van der Waals surface area contributed by atoms with Gasteiger partial charge in [0.25, 0.3) is 5.56 Å². The van der Waals surface area contributed by atoms with E-state index in [9.17, 15) is 9.59 Å². The fourth-order valence-electron chi connectivity index (χ4n) is 3.76. The van der Waals surface area contributed by atoms with Crippen LogP contribution < -0.4 is 5.56 Å². The Morgan fingerprint density at radius 1 is 1.10 bits per heavy atom. The van der Waals surface area contributed by atoms with Gasteiger partial charge in [-0.2, -0.15) is 0 Å². The maximum Gasteiger partial charge on any atom is 0.320 e. The number of aryl methyl sites for hydroxylation is 2. The van der Waals surface area contributed by atoms with Crippen LogP contribution in [0.1, 0.15) is 23.9 Å². The third kappa shape index (κ3) is 4.20. The van der Waals surface area contributed by atoms with Crippen molar-refractivity contribution >= 4 is 22.6 Å². The number of hydrogen-bond acceptors (Lipinski definition) is 6. The van der Waals surface area contributed by atoms with Crippen LogP contribution in [-0.2, 0) is 29.7 Å². The van der Waals surface area contributed by atoms with Crippen LogP contribution in [0, 0.1) is 6.92 Å². The van der Waals surface area contributed by atoms with E-state index in [-0.39, 0.29) is 18.1 Å². The lowest BCUT2D eigenvalue weighted by Crippen LogP contribution is -2.31. The highest BCUT2D eigenvalue weighted by Gasteiger charge is 2.19. The Morgan fingerprint density at radius 2 is 1.87 bits per heavy atom. The van der Waals surface area contributed by atoms with Crippen LogP contribution in [0.15, 0.2) is 53.3 Å². The fourth-order valence-corrected chi connectivity index (χ4v) is 3.76. The molecule has 4 aromatic rings. The van der Waals surface area contributed by atoms with E-state index in [1.54, 1.807) is 14.0 Å². The summed E-state index contributed by atoms with van der Waals surface area (Å²) >= 11 is 0. The Morgan fingerprint density at radius 3 is 2.61 bits per heavy atom. The van der Waals surface area contributed by atoms with E-state index in [1.807, 2.05) is 64.8 Å². The van der Waals surface area contributed by atoms with Crippen LogP contribution in [0.2, 0.25) is 0 Å². The van der Waals surface area contributed by atoms with Gasteiger partial charge in [-0.25, -0.2) is 0 Å². The van der Waals surface area contributed by atoms with E-state index < -0.39 is 0 Å². The Labute approximate surface area is 179 Å². The van der Waals surface area contributed by atoms with Gasteiger partial charge in [0.1, 0.15) is 0 Å². The maximum atomic E-state index is 12.8. The molecule has 31 heavy (non-hydrogen) atoms. The zero-order chi connectivity index (χ0) is 22.0. The van der Waals surface area contributed by atoms with Crippen LogP contribution in [0.5, 0.6) is 0 Å². The summed E-state index contributed by atoms with van der Waals surface area (Å²) in [4.78, 5) is 27.0. The SMILES string of the molecule is CCOC(=O)CN(Cc1ccccc1)Cc1nnc2n(C)c(=O)c3cc(C)ccc3n12. The largest absolute Gasteiger partial charge is 0.465 e. The molecule has 0 unspecified atom stereocenters. The number of benzene rings is 2. The lowest BCUT2D eigenvalue weighted by molar-refractivity contribution is -0.144. The number of carbonyl (C=O) groups is 1. The third-order valence-corrected chi connectivity index (χ3v) is 5.21. The first-order chi connectivity index (χ1) is 15.0. The van der Waals surface area contributed by atoms with Crippen LogP contribution in [-0.4, -0.2) is 43.2 Å². The highest BCUT2D eigenvalue weighted by atomic mass is 16.5. The van der Waals surface area contributed by atoms with E-state index in [0.29, 0.717) is 36.7 Å². The molecule has 4 rings (SSSR count). The first-order valence-electron chi connectivity index (χ1n) is 10.2. The summed E-state index contributed by atoms with van der Waals surface area (Å²) in [5, 5.41) is 9.23. The Kier molecular flexibility index (Phi) is 5.81. The van der Waals surface area contributed by atoms with Gasteiger partial charge in [0.05, 0.1) is 30.6 Å². The minimum atomic E-state index is -0.292. The van der Waals surface area contributed by atoms with Crippen molar-refractivity contribution in [3.8, 4) is 0 Å². The van der Waals surface area contributed by atoms with Gasteiger partial charge < -0.3 is 4.74 Å². The van der Waals surface area contributed by atoms with Gasteiger partial charge in [-0.1, -0.05) is 42.0 Å². The smallest absolute Gasteiger partial charge is 0.320 e. The fraction of sp³-hybridized carbons (Fsp3) is 0.304. The van der Waals surface area contributed by atoms with Gasteiger partial charge in [-0.15, -0.1) is 10.2 Å². The van der Waals surface area contributed by atoms with Crippen molar-refractivity contribution in [1.82, 2.24) is 24.1 Å². The second kappa shape index (κ2) is 8.69. The topological polar surface area (TPSA) is 81.7 Å². The number of hydrogen-bond donors (Lipinski definition) is 0. The molecule has 160 valence electrons. The van der Waals surface area contributed by atoms with Crippen LogP contribution in [0.25, 0.3) is 16.7 Å². The quantitative estimate of drug-likeness (QED) is 0.428. The molecule has 0 aliphatic carbocycles. The first-order valence-corrected chi connectivity index (χ1v) is 10.2. The second-order valence-corrected chi connectivity index (χ2v) is 7.57. The molecule has 2 aromatic carbocycles. The van der Waals surface area contributed by atoms with E-state index >= 15 is 0 Å². The summed E-state index contributed by atoms with van der Waals surface area (Å²) < 4.78 is 8.56. The summed E-state index contributed by atoms with van der Waals surface area (Å²) in [6.07, 6.45) is 0. The standard InChI is InChI=1S/C23H25N5O3/c1-4-31-21(29)15-27(13-17-8-6-5-7-9-17)14-20-24-25-23-26(3)22(30)18-12-16(2)10-11-19(18)28(20)23/h5-12H,4,13-15H2,1-3H3. The molecule has 2 aromatic heterocycles. The number of esters is 1. The van der Waals surface area contributed by atoms with E-state index in [2.05, 4.69) is 10.2 Å². The van der Waals surface area contributed by atoms with Crippen molar-refractivity contribution in [2.45, 2.75) is 26.9 Å². The molecular formula is C23H25N5O3. The number of ether oxygens (including phenoxy) is 1. The first kappa shape index (κ1) is 20.7. The third-order valence-electron chi connectivity index (χ3n) is 5.21. The second-order valence-electron chi connectivity index (χ2n) is 7.57. The van der Waals surface area contributed by atoms with Crippen LogP contribution in [0.4, 0.5) is 0 Å². The zero-order valence-corrected chi connectivity index (χ0v) is 17.9. The molecule has 0 aliphatic heterocycles. The van der Waals surface area contributed by atoms with E-state index in [0.717, 1.165) is 16.6 Å². The Balaban J connectivity index is 1.77. The molecule has 0 fully saturated rings. The lowest BCUT2D eigenvalue weighted by Gasteiger charge is -2.21. The van der Waals surface area contributed by atoms with Gasteiger partial charge >= 0.3 is 5.97 Å². The van der Waals surface area contributed by atoms with Gasteiger partial charge in [0.15, 0.2) is 5.82 Å². The van der Waals surface area contributed by atoms with Gasteiger partial charge in [-0.05, 0) is 31.5 Å². The van der Waals surface area contributed by atoms with Crippen molar-refractivity contribution in [2.75, 3.05) is 13.2 Å². The van der Waals surface area contributed by atoms with Gasteiger partial charge in [0.2, 0.25) is 5.78 Å². The highest BCUT2D eigenvalue weighted by Crippen LogP contribution is 2.17. The molecule has 0 atom stereocenters. The van der Waals surface area contributed by atoms with E-state index in [1.165, 1.54) is 4.57 Å². The molecular weight excluding hydrogens is 394 g/mol. The molecule has 0 bridgehead atoms. The number of rotatable bonds is 7. The number of aromatic nitrogens is 4. The predicted octanol–water partition coefficient (Wildman–Crippen LogP) is 2.45. The monoisotopic (exact) mass is 419 g/mol. The minimum absolute atomic E-state index is 0.113. The van der Waals surface area contributed by atoms with Gasteiger partial charge in [-0.3, -0.25) is 23.5 Å². The average molecular weight is 419 g/mol. The molecule has 8 heteroatoms. The highest BCUT2D eigenvalue weighted by molar-refractivity contribution is 5.81.